The van der Waals surface area contributed by atoms with Gasteiger partial charge in [-0.15, -0.1) is 5.10 Å². The van der Waals surface area contributed by atoms with Gasteiger partial charge in [0.1, 0.15) is 0 Å². The average molecular weight is 270 g/mol. The van der Waals surface area contributed by atoms with Gasteiger partial charge in [-0.25, -0.2) is 0 Å². The number of nitrogens with zero attached hydrogens (tertiary/aromatic N) is 2. The Bertz CT molecular complexity index is 686. The summed E-state index contributed by atoms with van der Waals surface area (Å²) >= 11 is 0. The summed E-state index contributed by atoms with van der Waals surface area (Å²) < 4.78 is 5.49. The lowest BCUT2D eigenvalue weighted by Gasteiger charge is -2.00. The average Bonchev–Trinajstić information content (AvgIpc) is 3.07. The number of nitrogens with one attached hydrogen (secondary N) is 2. The second-order valence-electron chi connectivity index (χ2n) is 4.79. The number of H-pyrrole nitrogens is 1. The SMILES string of the molecule is CCCc1nnc(NCCc2c[nH]c3ccccc23)o1. The minimum Gasteiger partial charge on any atom is -0.408 e. The van der Waals surface area contributed by atoms with Crippen molar-refractivity contribution < 1.29 is 4.42 Å². The largest absolute Gasteiger partial charge is 0.408 e. The summed E-state index contributed by atoms with van der Waals surface area (Å²) in [6.07, 6.45) is 4.81. The molecule has 0 aliphatic rings. The minimum atomic E-state index is 0.508. The molecular formula is C15H18N4O. The van der Waals surface area contributed by atoms with Gasteiger partial charge in [0.25, 0.3) is 0 Å². The zero-order valence-corrected chi connectivity index (χ0v) is 11.5. The first-order chi connectivity index (χ1) is 9.86. The fraction of sp³-hybridized carbons (Fsp3) is 0.333. The molecule has 2 heterocycles. The van der Waals surface area contributed by atoms with Gasteiger partial charge in [-0.1, -0.05) is 30.2 Å². The second-order valence-corrected chi connectivity index (χ2v) is 4.79. The highest BCUT2D eigenvalue weighted by atomic mass is 16.4. The number of fused-ring (bicyclic) bond motifs is 1. The zero-order chi connectivity index (χ0) is 13.8. The van der Waals surface area contributed by atoms with E-state index >= 15 is 0 Å². The van der Waals surface area contributed by atoms with Crippen molar-refractivity contribution in [1.82, 2.24) is 15.2 Å². The lowest BCUT2D eigenvalue weighted by atomic mass is 10.1. The fourth-order valence-electron chi connectivity index (χ4n) is 2.28. The molecule has 20 heavy (non-hydrogen) atoms. The van der Waals surface area contributed by atoms with Crippen molar-refractivity contribution in [3.8, 4) is 0 Å². The van der Waals surface area contributed by atoms with Crippen molar-refractivity contribution >= 4 is 16.9 Å². The van der Waals surface area contributed by atoms with Gasteiger partial charge in [0.2, 0.25) is 5.89 Å². The summed E-state index contributed by atoms with van der Waals surface area (Å²) in [4.78, 5) is 3.28. The normalized spacial score (nSPS) is 11.1. The molecule has 0 bridgehead atoms. The van der Waals surface area contributed by atoms with Gasteiger partial charge in [-0.05, 0) is 24.5 Å². The molecule has 5 nitrogen and oxygen atoms in total. The Kier molecular flexibility index (Phi) is 3.67. The molecule has 0 aliphatic heterocycles. The summed E-state index contributed by atoms with van der Waals surface area (Å²) in [5.41, 5.74) is 2.46. The van der Waals surface area contributed by atoms with Gasteiger partial charge in [0.15, 0.2) is 0 Å². The Balaban J connectivity index is 1.59. The van der Waals surface area contributed by atoms with Crippen molar-refractivity contribution in [1.29, 1.82) is 0 Å². The number of para-hydroxylation sites is 1. The molecular weight excluding hydrogens is 252 g/mol. The Morgan fingerprint density at radius 3 is 3.00 bits per heavy atom. The van der Waals surface area contributed by atoms with E-state index in [1.807, 2.05) is 6.07 Å². The molecule has 3 aromatic rings. The number of hydrogen-bond acceptors (Lipinski definition) is 4. The summed E-state index contributed by atoms with van der Waals surface area (Å²) in [6.45, 7) is 2.87. The molecule has 0 amide bonds. The van der Waals surface area contributed by atoms with E-state index in [0.717, 1.165) is 25.8 Å². The molecule has 2 N–H and O–H groups in total. The van der Waals surface area contributed by atoms with Gasteiger partial charge < -0.3 is 14.7 Å². The van der Waals surface area contributed by atoms with Crippen molar-refractivity contribution in [3.63, 3.8) is 0 Å². The Morgan fingerprint density at radius 2 is 2.10 bits per heavy atom. The minimum absolute atomic E-state index is 0.508. The predicted octanol–water partition coefficient (Wildman–Crippen LogP) is 3.16. The number of aryl methyl sites for hydroxylation is 1. The Labute approximate surface area is 117 Å². The molecule has 1 aromatic carbocycles. The maximum atomic E-state index is 5.49. The van der Waals surface area contributed by atoms with Crippen LogP contribution in [0.1, 0.15) is 24.8 Å². The molecule has 3 rings (SSSR count). The highest BCUT2D eigenvalue weighted by Gasteiger charge is 2.06. The maximum Gasteiger partial charge on any atom is 0.315 e. The molecule has 0 aliphatic carbocycles. The summed E-state index contributed by atoms with van der Waals surface area (Å²) in [7, 11) is 0. The van der Waals surface area contributed by atoms with Crippen LogP contribution in [-0.4, -0.2) is 21.7 Å². The van der Waals surface area contributed by atoms with E-state index in [4.69, 9.17) is 4.42 Å². The van der Waals surface area contributed by atoms with Crippen molar-refractivity contribution in [3.05, 3.63) is 41.9 Å². The third-order valence-corrected chi connectivity index (χ3v) is 3.28. The lowest BCUT2D eigenvalue weighted by Crippen LogP contribution is -2.04. The number of rotatable bonds is 6. The number of benzene rings is 1. The standard InChI is InChI=1S/C15H18N4O/c1-2-5-14-18-19-15(20-14)16-9-8-11-10-17-13-7-4-3-6-12(11)13/h3-4,6-7,10,17H,2,5,8-9H2,1H3,(H,16,19). The molecule has 104 valence electrons. The fourth-order valence-corrected chi connectivity index (χ4v) is 2.28. The zero-order valence-electron chi connectivity index (χ0n) is 11.5. The molecule has 0 spiro atoms. The Hall–Kier alpha value is -2.30. The van der Waals surface area contributed by atoms with E-state index in [0.29, 0.717) is 11.9 Å². The van der Waals surface area contributed by atoms with Crippen LogP contribution in [-0.2, 0) is 12.8 Å². The van der Waals surface area contributed by atoms with E-state index in [1.54, 1.807) is 0 Å². The maximum absolute atomic E-state index is 5.49. The van der Waals surface area contributed by atoms with Gasteiger partial charge in [0.05, 0.1) is 0 Å². The summed E-state index contributed by atoms with van der Waals surface area (Å²) in [5.74, 6) is 0.696. The monoisotopic (exact) mass is 270 g/mol. The van der Waals surface area contributed by atoms with Crippen molar-refractivity contribution in [2.45, 2.75) is 26.2 Å². The van der Waals surface area contributed by atoms with E-state index in [2.05, 4.69) is 51.8 Å². The van der Waals surface area contributed by atoms with Crippen LogP contribution < -0.4 is 5.32 Å². The van der Waals surface area contributed by atoms with Gasteiger partial charge in [-0.2, -0.15) is 0 Å². The van der Waals surface area contributed by atoms with E-state index in [1.165, 1.54) is 16.5 Å². The molecule has 2 aromatic heterocycles. The first-order valence-electron chi connectivity index (χ1n) is 6.98. The summed E-state index contributed by atoms with van der Waals surface area (Å²) in [5, 5.41) is 12.4. The van der Waals surface area contributed by atoms with Crippen LogP contribution in [0.15, 0.2) is 34.9 Å². The number of aromatic nitrogens is 3. The molecule has 0 atom stereocenters. The first-order valence-corrected chi connectivity index (χ1v) is 6.98. The topological polar surface area (TPSA) is 66.7 Å². The Morgan fingerprint density at radius 1 is 1.20 bits per heavy atom. The lowest BCUT2D eigenvalue weighted by molar-refractivity contribution is 0.501. The molecule has 0 saturated heterocycles. The highest BCUT2D eigenvalue weighted by Crippen LogP contribution is 2.18. The van der Waals surface area contributed by atoms with Crippen LogP contribution in [0.4, 0.5) is 6.01 Å². The third-order valence-electron chi connectivity index (χ3n) is 3.28. The van der Waals surface area contributed by atoms with Crippen LogP contribution in [0, 0.1) is 0 Å². The molecule has 5 heteroatoms. The van der Waals surface area contributed by atoms with Gasteiger partial charge >= 0.3 is 6.01 Å². The molecule has 0 unspecified atom stereocenters. The highest BCUT2D eigenvalue weighted by molar-refractivity contribution is 5.83. The predicted molar refractivity (Wildman–Crippen MR) is 78.8 cm³/mol. The van der Waals surface area contributed by atoms with Crippen LogP contribution in [0.2, 0.25) is 0 Å². The quantitative estimate of drug-likeness (QED) is 0.722. The van der Waals surface area contributed by atoms with Gasteiger partial charge in [-0.3, -0.25) is 0 Å². The summed E-state index contributed by atoms with van der Waals surface area (Å²) in [6, 6.07) is 8.82. The van der Waals surface area contributed by atoms with E-state index in [-0.39, 0.29) is 0 Å². The van der Waals surface area contributed by atoms with Crippen molar-refractivity contribution in [2.75, 3.05) is 11.9 Å². The van der Waals surface area contributed by atoms with Gasteiger partial charge in [0, 0.05) is 30.1 Å². The van der Waals surface area contributed by atoms with Crippen LogP contribution in [0.3, 0.4) is 0 Å². The van der Waals surface area contributed by atoms with Crippen molar-refractivity contribution in [2.24, 2.45) is 0 Å². The van der Waals surface area contributed by atoms with E-state index in [9.17, 15) is 0 Å². The molecule has 0 fully saturated rings. The van der Waals surface area contributed by atoms with Crippen LogP contribution in [0.25, 0.3) is 10.9 Å². The van der Waals surface area contributed by atoms with E-state index < -0.39 is 0 Å². The number of hydrogen-bond donors (Lipinski definition) is 2. The van der Waals surface area contributed by atoms with Crippen LogP contribution in [0.5, 0.6) is 0 Å². The third kappa shape index (κ3) is 2.66. The van der Waals surface area contributed by atoms with Crippen LogP contribution >= 0.6 is 0 Å². The number of anilines is 1. The first kappa shape index (κ1) is 12.7. The molecule has 0 radical (unpaired) electrons. The second kappa shape index (κ2) is 5.77. The molecule has 0 saturated carbocycles. The number of aromatic amines is 1. The smallest absolute Gasteiger partial charge is 0.315 e.